The first-order chi connectivity index (χ1) is 9.47. The third-order valence-electron chi connectivity index (χ3n) is 5.21. The Kier molecular flexibility index (Phi) is 3.35. The molecule has 3 nitrogen and oxygen atoms in total. The first kappa shape index (κ1) is 14.0. The van der Waals surface area contributed by atoms with E-state index in [2.05, 4.69) is 0 Å². The molecule has 3 rings (SSSR count). The molecule has 4 heteroatoms. The average molecular weight is 279 g/mol. The summed E-state index contributed by atoms with van der Waals surface area (Å²) in [6.45, 7) is 2.26. The first-order valence-electron chi connectivity index (χ1n) is 7.29. The zero-order valence-electron chi connectivity index (χ0n) is 11.8. The average Bonchev–Trinajstić information content (AvgIpc) is 3.02. The van der Waals surface area contributed by atoms with E-state index in [1.54, 1.807) is 12.1 Å². The molecule has 1 aromatic rings. The molecule has 0 aliphatic carbocycles. The Morgan fingerprint density at radius 1 is 1.40 bits per heavy atom. The van der Waals surface area contributed by atoms with Crippen LogP contribution >= 0.6 is 0 Å². The molecule has 2 bridgehead atoms. The Labute approximate surface area is 118 Å². The third-order valence-corrected chi connectivity index (χ3v) is 5.21. The lowest BCUT2D eigenvalue weighted by atomic mass is 9.62. The van der Waals surface area contributed by atoms with Crippen molar-refractivity contribution in [2.75, 3.05) is 6.54 Å². The molecule has 1 aromatic carbocycles. The zero-order chi connectivity index (χ0) is 14.4. The van der Waals surface area contributed by atoms with E-state index in [-0.39, 0.29) is 23.4 Å². The number of aliphatic hydroxyl groups is 1. The summed E-state index contributed by atoms with van der Waals surface area (Å²) in [4.78, 5) is 0. The molecule has 2 aliphatic heterocycles. The van der Waals surface area contributed by atoms with Crippen molar-refractivity contribution < 1.29 is 14.2 Å². The van der Waals surface area contributed by atoms with Gasteiger partial charge in [0.15, 0.2) is 0 Å². The lowest BCUT2D eigenvalue weighted by molar-refractivity contribution is -0.0982. The van der Waals surface area contributed by atoms with Gasteiger partial charge in [-0.2, -0.15) is 0 Å². The summed E-state index contributed by atoms with van der Waals surface area (Å²) in [5.41, 5.74) is 5.61. The van der Waals surface area contributed by atoms with Crippen LogP contribution in [0.2, 0.25) is 0 Å². The van der Waals surface area contributed by atoms with Crippen LogP contribution in [0.1, 0.15) is 31.7 Å². The lowest BCUT2D eigenvalue weighted by Gasteiger charge is -2.46. The second kappa shape index (κ2) is 4.79. The summed E-state index contributed by atoms with van der Waals surface area (Å²) in [6, 6.07) is 6.31. The highest BCUT2D eigenvalue weighted by Crippen LogP contribution is 2.53. The Morgan fingerprint density at radius 2 is 2.10 bits per heavy atom. The maximum Gasteiger partial charge on any atom is 0.123 e. The van der Waals surface area contributed by atoms with E-state index in [4.69, 9.17) is 10.5 Å². The molecular formula is C16H22FNO2. The second-order valence-electron chi connectivity index (χ2n) is 6.47. The van der Waals surface area contributed by atoms with Crippen molar-refractivity contribution in [3.63, 3.8) is 0 Å². The van der Waals surface area contributed by atoms with E-state index >= 15 is 0 Å². The van der Waals surface area contributed by atoms with Gasteiger partial charge in [0.2, 0.25) is 0 Å². The fraction of sp³-hybridized carbons (Fsp3) is 0.625. The number of nitrogens with two attached hydrogens (primary N) is 1. The fourth-order valence-corrected chi connectivity index (χ4v) is 3.98. The molecule has 2 heterocycles. The van der Waals surface area contributed by atoms with Gasteiger partial charge in [0.05, 0.1) is 17.8 Å². The summed E-state index contributed by atoms with van der Waals surface area (Å²) in [5.74, 6) is -0.259. The number of hydrogen-bond acceptors (Lipinski definition) is 3. The van der Waals surface area contributed by atoms with Crippen LogP contribution in [0.25, 0.3) is 0 Å². The maximum absolute atomic E-state index is 13.0. The van der Waals surface area contributed by atoms with E-state index < -0.39 is 5.60 Å². The van der Waals surface area contributed by atoms with E-state index in [9.17, 15) is 9.50 Å². The predicted molar refractivity (Wildman–Crippen MR) is 74.7 cm³/mol. The van der Waals surface area contributed by atoms with Crippen molar-refractivity contribution in [3.8, 4) is 0 Å². The molecule has 3 N–H and O–H groups in total. The number of fused-ring (bicyclic) bond motifs is 2. The van der Waals surface area contributed by atoms with Gasteiger partial charge in [-0.15, -0.1) is 0 Å². The van der Waals surface area contributed by atoms with Crippen molar-refractivity contribution in [2.45, 2.75) is 50.4 Å². The minimum Gasteiger partial charge on any atom is -0.389 e. The number of ether oxygens (including phenoxy) is 1. The summed E-state index contributed by atoms with van der Waals surface area (Å²) in [5, 5.41) is 11.1. The first-order valence-corrected chi connectivity index (χ1v) is 7.29. The van der Waals surface area contributed by atoms with Crippen molar-refractivity contribution in [1.29, 1.82) is 0 Å². The quantitative estimate of drug-likeness (QED) is 0.886. The topological polar surface area (TPSA) is 55.5 Å². The van der Waals surface area contributed by atoms with Crippen molar-refractivity contribution in [2.24, 2.45) is 11.1 Å². The highest BCUT2D eigenvalue weighted by molar-refractivity contribution is 5.21. The van der Waals surface area contributed by atoms with Gasteiger partial charge in [-0.25, -0.2) is 4.39 Å². The molecule has 0 aromatic heterocycles. The molecular weight excluding hydrogens is 257 g/mol. The minimum atomic E-state index is -0.945. The minimum absolute atomic E-state index is 0.0490. The number of rotatable bonds is 4. The normalized spacial score (nSPS) is 35.2. The van der Waals surface area contributed by atoms with Crippen LogP contribution in [0.3, 0.4) is 0 Å². The van der Waals surface area contributed by atoms with Crippen LogP contribution in [0.5, 0.6) is 0 Å². The van der Waals surface area contributed by atoms with Crippen LogP contribution in [-0.2, 0) is 11.2 Å². The molecule has 0 spiro atoms. The summed E-state index contributed by atoms with van der Waals surface area (Å²) >= 11 is 0. The van der Waals surface area contributed by atoms with Gasteiger partial charge >= 0.3 is 0 Å². The number of hydrogen-bond donors (Lipinski definition) is 2. The Bertz CT molecular complexity index is 488. The fourth-order valence-electron chi connectivity index (χ4n) is 3.98. The molecule has 0 radical (unpaired) electrons. The molecule has 4 unspecified atom stereocenters. The molecule has 0 saturated carbocycles. The van der Waals surface area contributed by atoms with Crippen LogP contribution in [0, 0.1) is 11.2 Å². The van der Waals surface area contributed by atoms with E-state index in [1.165, 1.54) is 12.1 Å². The Balaban J connectivity index is 1.84. The zero-order valence-corrected chi connectivity index (χ0v) is 11.8. The Morgan fingerprint density at radius 3 is 2.60 bits per heavy atom. The summed E-state index contributed by atoms with van der Waals surface area (Å²) in [7, 11) is 0. The summed E-state index contributed by atoms with van der Waals surface area (Å²) in [6.07, 6.45) is 3.62. The molecule has 2 aliphatic rings. The standard InChI is InChI=1S/C16H22FNO2/c1-15(19,8-11-2-4-12(17)5-3-11)16(10-18)9-13-6-7-14(16)20-13/h2-5,13-14,19H,6-10,18H2,1H3. The second-order valence-corrected chi connectivity index (χ2v) is 6.47. The largest absolute Gasteiger partial charge is 0.389 e. The molecule has 20 heavy (non-hydrogen) atoms. The van der Waals surface area contributed by atoms with Crippen LogP contribution in [0.15, 0.2) is 24.3 Å². The highest BCUT2D eigenvalue weighted by Gasteiger charge is 2.60. The molecule has 4 atom stereocenters. The molecule has 2 saturated heterocycles. The van der Waals surface area contributed by atoms with Gasteiger partial charge < -0.3 is 15.6 Å². The summed E-state index contributed by atoms with van der Waals surface area (Å²) < 4.78 is 18.9. The van der Waals surface area contributed by atoms with Crippen LogP contribution in [-0.4, -0.2) is 29.5 Å². The van der Waals surface area contributed by atoms with E-state index in [1.807, 2.05) is 6.92 Å². The van der Waals surface area contributed by atoms with E-state index in [0.29, 0.717) is 13.0 Å². The van der Waals surface area contributed by atoms with Crippen LogP contribution < -0.4 is 5.73 Å². The highest BCUT2D eigenvalue weighted by atomic mass is 19.1. The van der Waals surface area contributed by atoms with Crippen molar-refractivity contribution >= 4 is 0 Å². The van der Waals surface area contributed by atoms with E-state index in [0.717, 1.165) is 24.8 Å². The van der Waals surface area contributed by atoms with Gasteiger partial charge in [-0.05, 0) is 43.9 Å². The molecule has 110 valence electrons. The Hall–Kier alpha value is -0.970. The molecule has 2 fully saturated rings. The van der Waals surface area contributed by atoms with Gasteiger partial charge in [-0.1, -0.05) is 12.1 Å². The van der Waals surface area contributed by atoms with Crippen molar-refractivity contribution in [1.82, 2.24) is 0 Å². The third kappa shape index (κ3) is 2.07. The van der Waals surface area contributed by atoms with Gasteiger partial charge in [-0.3, -0.25) is 0 Å². The van der Waals surface area contributed by atoms with Gasteiger partial charge in [0, 0.05) is 18.4 Å². The van der Waals surface area contributed by atoms with Crippen molar-refractivity contribution in [3.05, 3.63) is 35.6 Å². The SMILES string of the molecule is CC(O)(Cc1ccc(F)cc1)C1(CN)CC2CCC1O2. The monoisotopic (exact) mass is 279 g/mol. The number of halogens is 1. The number of benzene rings is 1. The van der Waals surface area contributed by atoms with Gasteiger partial charge in [0.25, 0.3) is 0 Å². The lowest BCUT2D eigenvalue weighted by Crippen LogP contribution is -2.57. The molecule has 0 amide bonds. The predicted octanol–water partition coefficient (Wildman–Crippen LogP) is 2.02. The maximum atomic E-state index is 13.0. The smallest absolute Gasteiger partial charge is 0.123 e. The van der Waals surface area contributed by atoms with Gasteiger partial charge in [0.1, 0.15) is 5.82 Å². The van der Waals surface area contributed by atoms with Crippen LogP contribution in [0.4, 0.5) is 4.39 Å².